The van der Waals surface area contributed by atoms with Crippen molar-refractivity contribution in [3.8, 4) is 5.75 Å². The first kappa shape index (κ1) is 17.1. The van der Waals surface area contributed by atoms with Crippen LogP contribution in [0.15, 0.2) is 24.3 Å². The lowest BCUT2D eigenvalue weighted by Gasteiger charge is -2.32. The first-order chi connectivity index (χ1) is 11.4. The van der Waals surface area contributed by atoms with Crippen molar-refractivity contribution in [1.29, 1.82) is 0 Å². The summed E-state index contributed by atoms with van der Waals surface area (Å²) in [6.45, 7) is 1.78. The van der Waals surface area contributed by atoms with Crippen LogP contribution in [0, 0.1) is 5.92 Å². The fourth-order valence-corrected chi connectivity index (χ4v) is 3.45. The molecule has 132 valence electrons. The number of halogens is 3. The van der Waals surface area contributed by atoms with E-state index in [-0.39, 0.29) is 29.5 Å². The molecule has 24 heavy (non-hydrogen) atoms. The van der Waals surface area contributed by atoms with Crippen LogP contribution in [0.5, 0.6) is 5.75 Å². The van der Waals surface area contributed by atoms with Crippen LogP contribution < -0.4 is 10.1 Å². The zero-order chi connectivity index (χ0) is 17.3. The highest BCUT2D eigenvalue weighted by molar-refractivity contribution is 5.83. The number of piperidine rings is 1. The molecule has 1 aliphatic heterocycles. The third-order valence-corrected chi connectivity index (χ3v) is 4.86. The van der Waals surface area contributed by atoms with Crippen molar-refractivity contribution in [2.45, 2.75) is 37.6 Å². The molecule has 1 saturated carbocycles. The van der Waals surface area contributed by atoms with Crippen molar-refractivity contribution in [2.75, 3.05) is 20.1 Å². The summed E-state index contributed by atoms with van der Waals surface area (Å²) >= 11 is 0. The molecule has 0 radical (unpaired) electrons. The van der Waals surface area contributed by atoms with Crippen molar-refractivity contribution in [2.24, 2.45) is 5.92 Å². The highest BCUT2D eigenvalue weighted by Gasteiger charge is 2.48. The second kappa shape index (κ2) is 6.63. The van der Waals surface area contributed by atoms with Gasteiger partial charge in [-0.3, -0.25) is 4.79 Å². The molecule has 0 bridgehead atoms. The summed E-state index contributed by atoms with van der Waals surface area (Å²) in [6, 6.07) is 6.31. The van der Waals surface area contributed by atoms with E-state index in [0.717, 1.165) is 25.9 Å². The van der Waals surface area contributed by atoms with E-state index in [4.69, 9.17) is 0 Å². The number of rotatable bonds is 4. The zero-order valence-electron chi connectivity index (χ0n) is 13.5. The number of para-hydroxylation sites is 1. The number of carbonyl (C=O) groups is 1. The Kier molecular flexibility index (Phi) is 4.71. The minimum Gasteiger partial charge on any atom is -0.405 e. The number of hydrogen-bond donors (Lipinski definition) is 1. The Morgan fingerprint density at radius 1 is 1.25 bits per heavy atom. The first-order valence-electron chi connectivity index (χ1n) is 8.19. The molecule has 1 heterocycles. The molecule has 3 rings (SSSR count). The van der Waals surface area contributed by atoms with Gasteiger partial charge in [0.1, 0.15) is 5.75 Å². The van der Waals surface area contributed by atoms with Crippen LogP contribution in [0.3, 0.4) is 0 Å². The molecule has 4 nitrogen and oxygen atoms in total. The summed E-state index contributed by atoms with van der Waals surface area (Å²) in [4.78, 5) is 14.4. The lowest BCUT2D eigenvalue weighted by Crippen LogP contribution is -2.44. The van der Waals surface area contributed by atoms with Crippen molar-refractivity contribution >= 4 is 5.91 Å². The molecule has 2 atom stereocenters. The summed E-state index contributed by atoms with van der Waals surface area (Å²) < 4.78 is 41.7. The monoisotopic (exact) mass is 342 g/mol. The molecule has 0 aromatic heterocycles. The van der Waals surface area contributed by atoms with Crippen LogP contribution in [0.4, 0.5) is 13.2 Å². The van der Waals surface area contributed by atoms with Gasteiger partial charge in [-0.1, -0.05) is 18.2 Å². The number of hydrogen-bond acceptors (Lipinski definition) is 3. The van der Waals surface area contributed by atoms with Gasteiger partial charge in [0.2, 0.25) is 5.91 Å². The lowest BCUT2D eigenvalue weighted by molar-refractivity contribution is -0.274. The van der Waals surface area contributed by atoms with Crippen LogP contribution in [-0.2, 0) is 4.79 Å². The predicted octanol–water partition coefficient (Wildman–Crippen LogP) is 2.90. The summed E-state index contributed by atoms with van der Waals surface area (Å²) in [5.41, 5.74) is 0.465. The van der Waals surface area contributed by atoms with Crippen molar-refractivity contribution < 1.29 is 22.7 Å². The SMILES string of the molecule is CN(C(=O)[C@@H]1C[C@@H]1c1ccccc1OC(F)(F)F)C1CCNCC1. The molecule has 1 saturated heterocycles. The van der Waals surface area contributed by atoms with E-state index < -0.39 is 6.36 Å². The Bertz CT molecular complexity index is 600. The van der Waals surface area contributed by atoms with Crippen molar-refractivity contribution in [3.63, 3.8) is 0 Å². The number of nitrogens with zero attached hydrogens (tertiary/aromatic N) is 1. The quantitative estimate of drug-likeness (QED) is 0.915. The largest absolute Gasteiger partial charge is 0.573 e. The Hall–Kier alpha value is -1.76. The summed E-state index contributed by atoms with van der Waals surface area (Å²) in [6.07, 6.45) is -2.33. The van der Waals surface area contributed by atoms with Crippen molar-refractivity contribution in [3.05, 3.63) is 29.8 Å². The van der Waals surface area contributed by atoms with Crippen LogP contribution >= 0.6 is 0 Å². The second-order valence-electron chi connectivity index (χ2n) is 6.46. The van der Waals surface area contributed by atoms with E-state index in [2.05, 4.69) is 10.1 Å². The van der Waals surface area contributed by atoms with Crippen LogP contribution in [0.2, 0.25) is 0 Å². The Labute approximate surface area is 139 Å². The van der Waals surface area contributed by atoms with Gasteiger partial charge in [0, 0.05) is 19.0 Å². The molecule has 1 aromatic carbocycles. The maximum absolute atomic E-state index is 12.6. The maximum Gasteiger partial charge on any atom is 0.573 e. The van der Waals surface area contributed by atoms with Gasteiger partial charge in [-0.15, -0.1) is 13.2 Å². The second-order valence-corrected chi connectivity index (χ2v) is 6.46. The summed E-state index contributed by atoms with van der Waals surface area (Å²) in [5.74, 6) is -0.619. The molecular weight excluding hydrogens is 321 g/mol. The van der Waals surface area contributed by atoms with Gasteiger partial charge in [-0.2, -0.15) is 0 Å². The van der Waals surface area contributed by atoms with E-state index in [1.165, 1.54) is 12.1 Å². The zero-order valence-corrected chi connectivity index (χ0v) is 13.5. The molecule has 0 unspecified atom stereocenters. The number of carbonyl (C=O) groups excluding carboxylic acids is 1. The predicted molar refractivity (Wildman–Crippen MR) is 82.6 cm³/mol. The van der Waals surface area contributed by atoms with Gasteiger partial charge >= 0.3 is 6.36 Å². The fourth-order valence-electron chi connectivity index (χ4n) is 3.45. The number of amides is 1. The summed E-state index contributed by atoms with van der Waals surface area (Å²) in [5, 5.41) is 3.26. The number of alkyl halides is 3. The highest BCUT2D eigenvalue weighted by atomic mass is 19.4. The van der Waals surface area contributed by atoms with Gasteiger partial charge in [0.15, 0.2) is 0 Å². The number of ether oxygens (including phenoxy) is 1. The first-order valence-corrected chi connectivity index (χ1v) is 8.19. The normalized spacial score (nSPS) is 24.5. The third-order valence-electron chi connectivity index (χ3n) is 4.86. The maximum atomic E-state index is 12.6. The lowest BCUT2D eigenvalue weighted by atomic mass is 10.0. The molecule has 2 fully saturated rings. The van der Waals surface area contributed by atoms with E-state index in [0.29, 0.717) is 12.0 Å². The smallest absolute Gasteiger partial charge is 0.405 e. The highest BCUT2D eigenvalue weighted by Crippen LogP contribution is 2.51. The Morgan fingerprint density at radius 3 is 2.58 bits per heavy atom. The summed E-state index contributed by atoms with van der Waals surface area (Å²) in [7, 11) is 1.80. The van der Waals surface area contributed by atoms with Crippen molar-refractivity contribution in [1.82, 2.24) is 10.2 Å². The third kappa shape index (κ3) is 3.83. The minimum absolute atomic E-state index is 0.0220. The average Bonchev–Trinajstić information content (AvgIpc) is 3.34. The minimum atomic E-state index is -4.73. The van der Waals surface area contributed by atoms with Gasteiger partial charge in [0.25, 0.3) is 0 Å². The molecule has 2 aliphatic rings. The van der Waals surface area contributed by atoms with Crippen LogP contribution in [0.1, 0.15) is 30.7 Å². The molecule has 0 spiro atoms. The van der Waals surface area contributed by atoms with Crippen LogP contribution in [-0.4, -0.2) is 43.3 Å². The van der Waals surface area contributed by atoms with E-state index in [1.807, 2.05) is 0 Å². The molecule has 1 aromatic rings. The van der Waals surface area contributed by atoms with E-state index in [9.17, 15) is 18.0 Å². The van der Waals surface area contributed by atoms with E-state index in [1.54, 1.807) is 24.1 Å². The van der Waals surface area contributed by atoms with Gasteiger partial charge in [-0.25, -0.2) is 0 Å². The number of benzene rings is 1. The van der Waals surface area contributed by atoms with Gasteiger partial charge in [-0.05, 0) is 49.9 Å². The Balaban J connectivity index is 1.67. The Morgan fingerprint density at radius 2 is 1.92 bits per heavy atom. The van der Waals surface area contributed by atoms with E-state index >= 15 is 0 Å². The molecule has 1 aliphatic carbocycles. The average molecular weight is 342 g/mol. The topological polar surface area (TPSA) is 41.6 Å². The molecule has 1 N–H and O–H groups in total. The number of nitrogens with one attached hydrogen (secondary N) is 1. The molecular formula is C17H21F3N2O2. The van der Waals surface area contributed by atoms with Crippen LogP contribution in [0.25, 0.3) is 0 Å². The van der Waals surface area contributed by atoms with Gasteiger partial charge in [0.05, 0.1) is 0 Å². The fraction of sp³-hybridized carbons (Fsp3) is 0.588. The molecule has 7 heteroatoms. The van der Waals surface area contributed by atoms with Gasteiger partial charge < -0.3 is 15.0 Å². The molecule has 1 amide bonds. The standard InChI is InChI=1S/C17H21F3N2O2/c1-22(11-6-8-21-9-7-11)16(23)14-10-13(14)12-4-2-3-5-15(12)24-17(18,19)20/h2-5,11,13-14,21H,6-10H2,1H3/t13-,14-/m1/s1.